The average Bonchev–Trinajstić information content (AvgIpc) is 2.71. The van der Waals surface area contributed by atoms with Gasteiger partial charge < -0.3 is 21.6 Å². The Labute approximate surface area is 192 Å². The molecule has 0 unspecified atom stereocenters. The number of ketones is 1. The van der Waals surface area contributed by atoms with Crippen molar-refractivity contribution < 1.29 is 24.0 Å². The number of hydrogen-bond acceptors (Lipinski definition) is 6. The lowest BCUT2D eigenvalue weighted by Crippen LogP contribution is -2.46. The normalized spacial score (nSPS) is 10.8. The second-order valence-corrected chi connectivity index (χ2v) is 8.12. The van der Waals surface area contributed by atoms with Gasteiger partial charge in [0.15, 0.2) is 0 Å². The van der Waals surface area contributed by atoms with E-state index in [1.165, 1.54) is 4.90 Å². The van der Waals surface area contributed by atoms with Gasteiger partial charge in [-0.15, -0.1) is 0 Å². The molecule has 0 saturated heterocycles. The summed E-state index contributed by atoms with van der Waals surface area (Å²) in [5.74, 6) is -1.17. The second-order valence-electron chi connectivity index (χ2n) is 8.12. The van der Waals surface area contributed by atoms with E-state index in [-0.39, 0.29) is 49.1 Å². The maximum absolute atomic E-state index is 12.1. The van der Waals surface area contributed by atoms with Crippen molar-refractivity contribution in [2.24, 2.45) is 11.7 Å². The Kier molecular flexibility index (Phi) is 16.8. The maximum atomic E-state index is 12.1. The lowest BCUT2D eigenvalue weighted by atomic mass is 10.0. The van der Waals surface area contributed by atoms with Crippen molar-refractivity contribution in [1.29, 1.82) is 0 Å². The molecule has 2 radical (unpaired) electrons. The highest BCUT2D eigenvalue weighted by Gasteiger charge is 2.16. The van der Waals surface area contributed by atoms with E-state index in [0.717, 1.165) is 25.7 Å². The number of nitrogens with one attached hydrogen (secondary N) is 3. The van der Waals surface area contributed by atoms with Crippen LogP contribution in [0.15, 0.2) is 0 Å². The highest BCUT2D eigenvalue weighted by Crippen LogP contribution is 2.05. The van der Waals surface area contributed by atoms with Crippen LogP contribution in [0.4, 0.5) is 0 Å². The Morgan fingerprint density at radius 2 is 1.25 bits per heavy atom. The largest absolute Gasteiger partial charge is 0.409 e. The van der Waals surface area contributed by atoms with Crippen molar-refractivity contribution in [2.45, 2.75) is 65.2 Å². The maximum Gasteiger partial charge on any atom is 0.234 e. The van der Waals surface area contributed by atoms with E-state index >= 15 is 0 Å². The summed E-state index contributed by atoms with van der Waals surface area (Å²) < 4.78 is 0. The molecule has 0 fully saturated rings. The number of primary amides is 1. The number of Topliss-reactive ketones (excluding diaryl/α,β-unsaturated/α-hetero) is 1. The molecule has 0 rings (SSSR count). The Balaban J connectivity index is 4.09. The van der Waals surface area contributed by atoms with Gasteiger partial charge in [0.1, 0.15) is 5.78 Å². The topological polar surface area (TPSA) is 151 Å². The molecule has 0 aliphatic heterocycles. The number of unbranched alkanes of at least 4 members (excludes halogenated alkanes) is 4. The first-order chi connectivity index (χ1) is 15.1. The summed E-state index contributed by atoms with van der Waals surface area (Å²) in [5, 5.41) is 7.55. The van der Waals surface area contributed by atoms with Crippen LogP contribution in [0, 0.1) is 5.92 Å². The predicted octanol–water partition coefficient (Wildman–Crippen LogP) is -0.448. The minimum absolute atomic E-state index is 0.0488. The first kappa shape index (κ1) is 29.6. The zero-order valence-electron chi connectivity index (χ0n) is 19.4. The fourth-order valence-corrected chi connectivity index (χ4v) is 2.91. The number of amides is 4. The molecule has 0 aliphatic carbocycles. The summed E-state index contributed by atoms with van der Waals surface area (Å²) in [6.45, 7) is 4.22. The molecule has 32 heavy (non-hydrogen) atoms. The molecule has 0 heterocycles. The molecule has 0 bridgehead atoms. The van der Waals surface area contributed by atoms with Crippen molar-refractivity contribution in [3.8, 4) is 0 Å². The van der Waals surface area contributed by atoms with Crippen LogP contribution >= 0.6 is 0 Å². The SMILES string of the molecule is [B]NC(=O)CCCCCNC(=O)CN(CC(N)=O)CC(=O)NCCCCCC(=O)C(C)C. The van der Waals surface area contributed by atoms with Gasteiger partial charge in [0.2, 0.25) is 31.6 Å². The van der Waals surface area contributed by atoms with Crippen LogP contribution in [0.3, 0.4) is 0 Å². The van der Waals surface area contributed by atoms with Crippen LogP contribution in [-0.4, -0.2) is 75.0 Å². The van der Waals surface area contributed by atoms with Crippen molar-refractivity contribution in [3.05, 3.63) is 0 Å². The standard InChI is InChI=1S/C21H38BN5O5/c1-16(2)17(28)9-5-3-7-11-24-20(31)14-27(13-18(23)29)15-21(32)25-12-8-4-6-10-19(30)26-22/h16H,3-15H2,1-2H3,(H2,23,29)(H,24,31)(H,25,32)(H,26,30). The molecule has 0 aromatic rings. The highest BCUT2D eigenvalue weighted by molar-refractivity contribution is 6.14. The van der Waals surface area contributed by atoms with Crippen LogP contribution in [0.2, 0.25) is 0 Å². The summed E-state index contributed by atoms with van der Waals surface area (Å²) in [6, 6.07) is 0. The smallest absolute Gasteiger partial charge is 0.234 e. The fourth-order valence-electron chi connectivity index (χ4n) is 2.91. The second kappa shape index (κ2) is 18.2. The predicted molar refractivity (Wildman–Crippen MR) is 122 cm³/mol. The number of nitrogens with zero attached hydrogens (tertiary/aromatic N) is 1. The van der Waals surface area contributed by atoms with E-state index in [9.17, 15) is 24.0 Å². The van der Waals surface area contributed by atoms with Crippen molar-refractivity contribution >= 4 is 37.4 Å². The zero-order valence-corrected chi connectivity index (χ0v) is 19.4. The van der Waals surface area contributed by atoms with Gasteiger partial charge >= 0.3 is 0 Å². The molecule has 11 heteroatoms. The number of carbonyl (C=O) groups excluding carboxylic acids is 5. The third kappa shape index (κ3) is 17.3. The summed E-state index contributed by atoms with van der Waals surface area (Å²) in [4.78, 5) is 59.5. The Morgan fingerprint density at radius 3 is 1.69 bits per heavy atom. The van der Waals surface area contributed by atoms with Crippen molar-refractivity contribution in [3.63, 3.8) is 0 Å². The lowest BCUT2D eigenvalue weighted by Gasteiger charge is -2.19. The first-order valence-corrected chi connectivity index (χ1v) is 11.2. The van der Waals surface area contributed by atoms with E-state index in [1.807, 2.05) is 13.8 Å². The molecule has 10 nitrogen and oxygen atoms in total. The number of rotatable bonds is 19. The molecule has 5 N–H and O–H groups in total. The zero-order chi connectivity index (χ0) is 24.4. The quantitative estimate of drug-likeness (QED) is 0.154. The molecule has 0 aromatic heterocycles. The van der Waals surface area contributed by atoms with E-state index in [2.05, 4.69) is 15.9 Å². The van der Waals surface area contributed by atoms with E-state index < -0.39 is 5.91 Å². The Hall–Kier alpha value is -2.43. The first-order valence-electron chi connectivity index (χ1n) is 11.2. The number of carbonyl (C=O) groups is 5. The van der Waals surface area contributed by atoms with Crippen LogP contribution < -0.4 is 21.6 Å². The van der Waals surface area contributed by atoms with Gasteiger partial charge in [0.05, 0.1) is 19.6 Å². The Morgan fingerprint density at radius 1 is 0.750 bits per heavy atom. The van der Waals surface area contributed by atoms with Gasteiger partial charge in [-0.25, -0.2) is 0 Å². The summed E-state index contributed by atoms with van der Waals surface area (Å²) in [5.41, 5.74) is 5.22. The van der Waals surface area contributed by atoms with Crippen LogP contribution in [0.5, 0.6) is 0 Å². The summed E-state index contributed by atoms with van der Waals surface area (Å²) in [6.07, 6.45) is 5.39. The molecule has 180 valence electrons. The minimum atomic E-state index is -0.626. The van der Waals surface area contributed by atoms with E-state index in [4.69, 9.17) is 13.7 Å². The number of nitrogens with two attached hydrogens (primary N) is 1. The van der Waals surface area contributed by atoms with Gasteiger partial charge in [-0.05, 0) is 25.7 Å². The molecule has 0 aliphatic rings. The average molecular weight is 451 g/mol. The van der Waals surface area contributed by atoms with Crippen molar-refractivity contribution in [2.75, 3.05) is 32.7 Å². The van der Waals surface area contributed by atoms with Crippen LogP contribution in [-0.2, 0) is 24.0 Å². The van der Waals surface area contributed by atoms with Gasteiger partial charge in [0.25, 0.3) is 0 Å². The lowest BCUT2D eigenvalue weighted by molar-refractivity contribution is -0.127. The van der Waals surface area contributed by atoms with Gasteiger partial charge in [-0.3, -0.25) is 28.9 Å². The summed E-state index contributed by atoms with van der Waals surface area (Å²) in [7, 11) is 5.00. The molecule has 0 spiro atoms. The third-order valence-corrected chi connectivity index (χ3v) is 4.74. The molecular formula is C21H38BN5O5. The van der Waals surface area contributed by atoms with Crippen LogP contribution in [0.25, 0.3) is 0 Å². The molecule has 0 aromatic carbocycles. The van der Waals surface area contributed by atoms with E-state index in [0.29, 0.717) is 38.8 Å². The van der Waals surface area contributed by atoms with Crippen molar-refractivity contribution in [1.82, 2.24) is 20.8 Å². The van der Waals surface area contributed by atoms with Crippen LogP contribution in [0.1, 0.15) is 65.2 Å². The Bertz CT molecular complexity index is 615. The number of hydrogen-bond donors (Lipinski definition) is 4. The molecular weight excluding hydrogens is 413 g/mol. The van der Waals surface area contributed by atoms with Gasteiger partial charge in [0, 0.05) is 31.8 Å². The summed E-state index contributed by atoms with van der Waals surface area (Å²) >= 11 is 0. The fraction of sp³-hybridized carbons (Fsp3) is 0.762. The van der Waals surface area contributed by atoms with Gasteiger partial charge in [-0.1, -0.05) is 26.7 Å². The molecule has 0 atom stereocenters. The molecule has 0 saturated carbocycles. The minimum Gasteiger partial charge on any atom is -0.409 e. The van der Waals surface area contributed by atoms with Gasteiger partial charge in [-0.2, -0.15) is 0 Å². The highest BCUT2D eigenvalue weighted by atomic mass is 16.2. The third-order valence-electron chi connectivity index (χ3n) is 4.74. The van der Waals surface area contributed by atoms with E-state index in [1.54, 1.807) is 0 Å². The monoisotopic (exact) mass is 451 g/mol. The molecule has 4 amide bonds.